The fourth-order valence-electron chi connectivity index (χ4n) is 8.99. The van der Waals surface area contributed by atoms with Crippen molar-refractivity contribution in [2.24, 2.45) is 5.73 Å². The minimum atomic E-state index is -1.00. The molecule has 0 aliphatic carbocycles. The zero-order valence-electron chi connectivity index (χ0n) is 53.7. The van der Waals surface area contributed by atoms with E-state index in [0.29, 0.717) is 18.5 Å². The number of aldehydes is 2. The largest absolute Gasteiger partial charge is 0.508 e. The van der Waals surface area contributed by atoms with Crippen molar-refractivity contribution < 1.29 is 58.7 Å². The number of ether oxygens (including phenoxy) is 5. The number of amides is 1. The highest BCUT2D eigenvalue weighted by Gasteiger charge is 2.23. The maximum atomic E-state index is 11.8. The maximum Gasteiger partial charge on any atom is 0.251 e. The number of methoxy groups -OCH3 is 5. The summed E-state index contributed by atoms with van der Waals surface area (Å²) in [5.74, 6) is 4.85. The van der Waals surface area contributed by atoms with Crippen molar-refractivity contribution in [3.05, 3.63) is 189 Å². The molecule has 0 aromatic heterocycles. The summed E-state index contributed by atoms with van der Waals surface area (Å²) in [5, 5.41) is 22.3. The summed E-state index contributed by atoms with van der Waals surface area (Å²) >= 11 is 0. The molecule has 0 radical (unpaired) electrons. The van der Waals surface area contributed by atoms with Gasteiger partial charge in [0.05, 0.1) is 49.0 Å². The van der Waals surface area contributed by atoms with Gasteiger partial charge >= 0.3 is 0 Å². The van der Waals surface area contributed by atoms with Crippen molar-refractivity contribution in [3.8, 4) is 34.5 Å². The van der Waals surface area contributed by atoms with Crippen LogP contribution in [0.25, 0.3) is 6.08 Å². The van der Waals surface area contributed by atoms with Crippen LogP contribution < -0.4 is 34.7 Å². The van der Waals surface area contributed by atoms with E-state index in [1.165, 1.54) is 33.9 Å². The highest BCUT2D eigenvalue weighted by Crippen LogP contribution is 2.31. The van der Waals surface area contributed by atoms with Gasteiger partial charge in [-0.15, -0.1) is 0 Å². The third kappa shape index (κ3) is 24.4. The number of nitrogens with one attached hydrogen (secondary N) is 1. The number of ketones is 1. The van der Waals surface area contributed by atoms with Crippen LogP contribution in [0.3, 0.4) is 0 Å². The van der Waals surface area contributed by atoms with Crippen molar-refractivity contribution in [1.82, 2.24) is 5.32 Å². The number of nitro groups is 1. The van der Waals surface area contributed by atoms with E-state index in [0.717, 1.165) is 152 Å². The maximum absolute atomic E-state index is 11.8. The van der Waals surface area contributed by atoms with E-state index in [9.17, 15) is 38.8 Å². The molecule has 1 aliphatic rings. The summed E-state index contributed by atoms with van der Waals surface area (Å²) in [6.45, 7) is 26.5. The molecule has 1 aliphatic heterocycles. The van der Waals surface area contributed by atoms with Crippen molar-refractivity contribution in [3.63, 3.8) is 0 Å². The second-order valence-corrected chi connectivity index (χ2v) is 20.2. The smallest absolute Gasteiger partial charge is 0.251 e. The minimum Gasteiger partial charge on any atom is -0.508 e. The van der Waals surface area contributed by atoms with Crippen LogP contribution in [0.5, 0.6) is 34.5 Å². The first-order chi connectivity index (χ1) is 40.2. The van der Waals surface area contributed by atoms with Crippen LogP contribution >= 0.6 is 0 Å². The van der Waals surface area contributed by atoms with Gasteiger partial charge in [-0.2, -0.15) is 0 Å². The topological polar surface area (TPSA) is 216 Å². The number of aryl methyl sites for hydroxylation is 12. The number of nitrogens with zero attached hydrogens (tertiary/aromatic N) is 1. The Hall–Kier alpha value is -8.37. The van der Waals surface area contributed by atoms with Crippen LogP contribution in [0.4, 0.5) is 4.39 Å². The number of nitrogens with two attached hydrogens (primary N) is 1. The van der Waals surface area contributed by atoms with Gasteiger partial charge in [-0.3, -0.25) is 28.9 Å². The van der Waals surface area contributed by atoms with Gasteiger partial charge in [0.25, 0.3) is 5.91 Å². The fraction of sp³-hybridized carbons (Fsp3) is 0.391. The molecule has 464 valence electrons. The van der Waals surface area contributed by atoms with Crippen LogP contribution in [-0.2, 0) is 24.1 Å². The van der Waals surface area contributed by atoms with Gasteiger partial charge in [-0.1, -0.05) is 19.6 Å². The van der Waals surface area contributed by atoms with Gasteiger partial charge in [-0.05, 0) is 260 Å². The zero-order valence-corrected chi connectivity index (χ0v) is 52.7. The number of halogens is 1. The monoisotopic (exact) mass is 1180 g/mol. The summed E-state index contributed by atoms with van der Waals surface area (Å²) in [7, 11) is 7.26. The summed E-state index contributed by atoms with van der Waals surface area (Å²) in [6, 6.07) is 21.2. The van der Waals surface area contributed by atoms with Gasteiger partial charge in [-0.25, -0.2) is 0 Å². The Bertz CT molecular complexity index is 3230. The third-order valence-electron chi connectivity index (χ3n) is 13.9. The van der Waals surface area contributed by atoms with E-state index in [2.05, 4.69) is 50.4 Å². The fourth-order valence-corrected chi connectivity index (χ4v) is 8.99. The highest BCUT2D eigenvalue weighted by atomic mass is 19.1. The molecule has 1 amide bonds. The van der Waals surface area contributed by atoms with Crippen LogP contribution in [0.1, 0.15) is 149 Å². The summed E-state index contributed by atoms with van der Waals surface area (Å²) < 4.78 is 41.5. The molecule has 0 saturated carbocycles. The number of alkyl halides is 1. The number of phenols is 1. The van der Waals surface area contributed by atoms with E-state index in [-0.39, 0.29) is 24.9 Å². The van der Waals surface area contributed by atoms with E-state index in [1.54, 1.807) is 68.5 Å². The molecule has 16 heteroatoms. The minimum absolute atomic E-state index is 0. The molecule has 15 nitrogen and oxygen atoms in total. The van der Waals surface area contributed by atoms with E-state index in [1.807, 2.05) is 78.8 Å². The first kappa shape index (κ1) is 74.6. The van der Waals surface area contributed by atoms with Crippen molar-refractivity contribution in [2.75, 3.05) is 55.8 Å². The lowest BCUT2D eigenvalue weighted by Crippen LogP contribution is -2.33. The molecule has 7 rings (SSSR count). The molecular formula is C69H94FN3O12. The molecule has 0 spiro atoms. The molecule has 85 heavy (non-hydrogen) atoms. The third-order valence-corrected chi connectivity index (χ3v) is 13.9. The Morgan fingerprint density at radius 3 is 1.44 bits per heavy atom. The summed E-state index contributed by atoms with van der Waals surface area (Å²) in [6.07, 6.45) is 8.51. The van der Waals surface area contributed by atoms with Gasteiger partial charge in [0.1, 0.15) is 52.9 Å². The SMILES string of the molecule is C.COc1cc(C)c(/C=C/[N+](=O)[O-])cc1C.COc1cc(C)c(C=O)cc1C.COc1cc(C)c(CCCC(C)=O)cc1C.COc1cc(C)c(CCN)cc1C.COc1cc(C)c2c(c1C)C(=O)NCC2.Cc1cc(C=O)c(C)cc1O.[2H]CF. The van der Waals surface area contributed by atoms with Crippen molar-refractivity contribution in [1.29, 1.82) is 0 Å². The number of benzene rings is 6. The van der Waals surface area contributed by atoms with Gasteiger partial charge in [0.2, 0.25) is 6.20 Å². The number of carbonyl (C=O) groups is 4. The van der Waals surface area contributed by atoms with Crippen LogP contribution in [0, 0.1) is 93.2 Å². The summed E-state index contributed by atoms with van der Waals surface area (Å²) in [4.78, 5) is 53.3. The molecule has 0 unspecified atom stereocenters. The Kier molecular flexibility index (Phi) is 34.4. The molecule has 0 fully saturated rings. The second-order valence-electron chi connectivity index (χ2n) is 20.2. The highest BCUT2D eigenvalue weighted by molar-refractivity contribution is 5.99. The molecule has 1 heterocycles. The number of Topliss-reactive ketones (excluding diaryl/α,β-unsaturated/α-hetero) is 1. The lowest BCUT2D eigenvalue weighted by atomic mass is 9.91. The Balaban J connectivity index is 0.000001000. The van der Waals surface area contributed by atoms with Crippen molar-refractivity contribution >= 4 is 30.3 Å². The molecule has 6 aromatic rings. The lowest BCUT2D eigenvalue weighted by Gasteiger charge is -2.22. The summed E-state index contributed by atoms with van der Waals surface area (Å²) in [5.41, 5.74) is 24.7. The molecular weight excluding hydrogens is 1080 g/mol. The number of rotatable bonds is 15. The molecule has 0 atom stereocenters. The first-order valence-corrected chi connectivity index (χ1v) is 27.3. The predicted octanol–water partition coefficient (Wildman–Crippen LogP) is 14.4. The molecule has 4 N–H and O–H groups in total. The standard InChI is InChI=1S/C14H20O2.C12H15NO2.C11H13NO3.C11H17NO.C10H12O2.C9H10O2.CH3F.CH4/c1-10-9-14(16-4)11(2)8-13(10)7-5-6-12(3)15;1-7-6-10(15-3)8(2)11-9(7)4-5-13-12(11)14;1-8-7-11(15-3)9(2)6-10(8)4-5-12(13)14;1-8-7-11(13-3)9(2)6-10(8)4-5-12;1-7-5-10(12-3)8(2)4-9(7)6-11;1-6-4-9(11)7(2)3-8(6)5-10;1-2;/h8-9H,5-7H2,1-4H3;6H,4-5H2,1-3H3,(H,13,14);4-7H,1-3H3;6-7H,4-5,12H2,1-3H3;4-6H,1-3H3;3-5,11H,1-2H3;1H3;1H4/b;;5-4+;;;;;/i;;;;;;1D;. The zero-order chi connectivity index (χ0) is 64.7. The normalized spacial score (nSPS) is 10.7. The van der Waals surface area contributed by atoms with Gasteiger partial charge in [0.15, 0.2) is 0 Å². The average molecular weight is 1180 g/mol. The Morgan fingerprint density at radius 2 is 1.01 bits per heavy atom. The molecule has 0 bridgehead atoms. The van der Waals surface area contributed by atoms with Crippen LogP contribution in [-0.4, -0.2) is 90.1 Å². The van der Waals surface area contributed by atoms with Gasteiger partial charge in [0, 0.05) is 41.3 Å². The van der Waals surface area contributed by atoms with Crippen LogP contribution in [0.2, 0.25) is 0 Å². The average Bonchev–Trinajstić information content (AvgIpc) is 2.41. The van der Waals surface area contributed by atoms with Crippen LogP contribution in [0.15, 0.2) is 72.9 Å². The second kappa shape index (κ2) is 39.2. The van der Waals surface area contributed by atoms with E-state index >= 15 is 0 Å². The lowest BCUT2D eigenvalue weighted by molar-refractivity contribution is -0.400. The quantitative estimate of drug-likeness (QED) is 0.0496. The van der Waals surface area contributed by atoms with E-state index in [4.69, 9.17) is 30.8 Å². The van der Waals surface area contributed by atoms with E-state index < -0.39 is 12.1 Å². The number of aromatic hydroxyl groups is 1. The number of hydrogen-bond donors (Lipinski definition) is 3. The number of fused-ring (bicyclic) bond motifs is 1. The van der Waals surface area contributed by atoms with Crippen molar-refractivity contribution in [2.45, 2.75) is 130 Å². The number of hydrogen-bond acceptors (Lipinski definition) is 13. The number of phenolic OH excluding ortho intramolecular Hbond substituents is 1. The first-order valence-electron chi connectivity index (χ1n) is 28.0. The Labute approximate surface area is 506 Å². The number of carbonyl (C=O) groups excluding carboxylic acids is 4. The molecule has 0 saturated heterocycles. The molecule has 6 aromatic carbocycles. The van der Waals surface area contributed by atoms with Gasteiger partial charge < -0.3 is 44.6 Å². The Morgan fingerprint density at radius 1 is 0.624 bits per heavy atom. The predicted molar refractivity (Wildman–Crippen MR) is 343 cm³/mol.